The Kier molecular flexibility index (Phi) is 8.03. The van der Waals surface area contributed by atoms with E-state index in [0.717, 1.165) is 36.9 Å². The van der Waals surface area contributed by atoms with E-state index >= 15 is 0 Å². The van der Waals surface area contributed by atoms with Crippen LogP contribution in [0.4, 0.5) is 0 Å². The average molecular weight is 474 g/mol. The Hall–Kier alpha value is -3.38. The molecule has 0 bridgehead atoms. The summed E-state index contributed by atoms with van der Waals surface area (Å²) in [5.41, 5.74) is 3.08. The molecule has 1 aliphatic heterocycles. The maximum absolute atomic E-state index is 6.00. The van der Waals surface area contributed by atoms with Crippen molar-refractivity contribution in [1.82, 2.24) is 15.3 Å². The minimum Gasteiger partial charge on any atom is -0.493 e. The monoisotopic (exact) mass is 473 g/mol. The van der Waals surface area contributed by atoms with Crippen LogP contribution in [0.1, 0.15) is 49.8 Å². The predicted octanol–water partition coefficient (Wildman–Crippen LogP) is 5.38. The Balaban J connectivity index is 1.35. The van der Waals surface area contributed by atoms with Gasteiger partial charge < -0.3 is 19.5 Å². The fourth-order valence-corrected chi connectivity index (χ4v) is 4.18. The Morgan fingerprint density at radius 1 is 1.00 bits per heavy atom. The third kappa shape index (κ3) is 6.40. The van der Waals surface area contributed by atoms with E-state index in [9.17, 15) is 0 Å². The number of aromatic nitrogens is 2. The van der Waals surface area contributed by atoms with E-state index in [4.69, 9.17) is 14.2 Å². The van der Waals surface area contributed by atoms with Crippen molar-refractivity contribution < 1.29 is 14.2 Å². The molecule has 0 radical (unpaired) electrons. The van der Waals surface area contributed by atoms with Gasteiger partial charge in [-0.15, -0.1) is 0 Å². The molecule has 1 N–H and O–H groups in total. The second kappa shape index (κ2) is 11.4. The molecular weight excluding hydrogens is 438 g/mol. The molecule has 4 rings (SSSR count). The molecule has 1 aliphatic rings. The van der Waals surface area contributed by atoms with Gasteiger partial charge in [0.1, 0.15) is 18.1 Å². The average Bonchev–Trinajstić information content (AvgIpc) is 3.41. The molecular formula is C29H35N3O3. The van der Waals surface area contributed by atoms with Gasteiger partial charge in [-0.1, -0.05) is 44.7 Å². The van der Waals surface area contributed by atoms with Crippen molar-refractivity contribution in [3.8, 4) is 11.5 Å². The second-order valence-electron chi connectivity index (χ2n) is 9.36. The molecule has 3 aromatic rings. The Morgan fingerprint density at radius 3 is 2.26 bits per heavy atom. The lowest BCUT2D eigenvalue weighted by atomic mass is 9.78. The minimum atomic E-state index is -0.145. The molecule has 0 amide bonds. The van der Waals surface area contributed by atoms with Gasteiger partial charge in [0.05, 0.1) is 18.9 Å². The van der Waals surface area contributed by atoms with Crippen LogP contribution in [0, 0.1) is 5.92 Å². The van der Waals surface area contributed by atoms with Crippen LogP contribution in [0.2, 0.25) is 0 Å². The third-order valence-electron chi connectivity index (χ3n) is 6.47. The molecule has 1 unspecified atom stereocenters. The molecule has 0 spiro atoms. The van der Waals surface area contributed by atoms with Crippen LogP contribution in [0.25, 0.3) is 5.76 Å². The Bertz CT molecular complexity index is 1100. The molecule has 1 aromatic heterocycles. The van der Waals surface area contributed by atoms with Crippen LogP contribution in [0.15, 0.2) is 67.4 Å². The van der Waals surface area contributed by atoms with Crippen LogP contribution in [-0.4, -0.2) is 36.3 Å². The highest BCUT2D eigenvalue weighted by molar-refractivity contribution is 5.49. The van der Waals surface area contributed by atoms with Gasteiger partial charge in [0.25, 0.3) is 0 Å². The first kappa shape index (κ1) is 24.7. The van der Waals surface area contributed by atoms with Gasteiger partial charge >= 0.3 is 0 Å². The van der Waals surface area contributed by atoms with Crippen molar-refractivity contribution in [2.75, 3.05) is 26.3 Å². The van der Waals surface area contributed by atoms with E-state index in [0.29, 0.717) is 30.7 Å². The van der Waals surface area contributed by atoms with Crippen molar-refractivity contribution in [3.05, 3.63) is 90.0 Å². The highest BCUT2D eigenvalue weighted by Crippen LogP contribution is 2.33. The summed E-state index contributed by atoms with van der Waals surface area (Å²) in [5.74, 6) is 3.28. The van der Waals surface area contributed by atoms with E-state index in [1.54, 1.807) is 6.20 Å². The van der Waals surface area contributed by atoms with Gasteiger partial charge in [0.2, 0.25) is 0 Å². The zero-order chi connectivity index (χ0) is 24.7. The molecule has 2 aromatic carbocycles. The summed E-state index contributed by atoms with van der Waals surface area (Å²) >= 11 is 0. The van der Waals surface area contributed by atoms with E-state index in [1.807, 2.05) is 25.1 Å². The fraction of sp³-hybridized carbons (Fsp3) is 0.379. The van der Waals surface area contributed by atoms with E-state index in [2.05, 4.69) is 72.1 Å². The standard InChI is InChI=1S/C29H35N3O3/c1-5-33-21(2)28-31-17-15-25(32-28)20-35-27-12-8-24(9-13-27)29(3,4)23-6-10-26(11-7-23)34-19-22-14-16-30-18-22/h6-13,15,17,22,30H,2,5,14,16,18-20H2,1,3-4H3. The van der Waals surface area contributed by atoms with Crippen LogP contribution < -0.4 is 14.8 Å². The van der Waals surface area contributed by atoms with Crippen LogP contribution in [-0.2, 0) is 16.8 Å². The summed E-state index contributed by atoms with van der Waals surface area (Å²) < 4.78 is 17.4. The Morgan fingerprint density at radius 2 is 1.66 bits per heavy atom. The molecule has 6 heteroatoms. The molecule has 184 valence electrons. The quantitative estimate of drug-likeness (QED) is 0.377. The largest absolute Gasteiger partial charge is 0.493 e. The molecule has 1 atom stereocenters. The highest BCUT2D eigenvalue weighted by atomic mass is 16.5. The van der Waals surface area contributed by atoms with Gasteiger partial charge in [-0.25, -0.2) is 9.97 Å². The number of hydrogen-bond acceptors (Lipinski definition) is 6. The molecule has 6 nitrogen and oxygen atoms in total. The first-order valence-corrected chi connectivity index (χ1v) is 12.3. The summed E-state index contributed by atoms with van der Waals surface area (Å²) in [4.78, 5) is 8.68. The normalized spacial score (nSPS) is 15.6. The molecule has 2 heterocycles. The summed E-state index contributed by atoms with van der Waals surface area (Å²) in [5, 5.41) is 3.38. The number of ether oxygens (including phenoxy) is 3. The van der Waals surface area contributed by atoms with E-state index < -0.39 is 0 Å². The smallest absolute Gasteiger partial charge is 0.194 e. The number of benzene rings is 2. The van der Waals surface area contributed by atoms with E-state index in [-0.39, 0.29) is 5.41 Å². The topological polar surface area (TPSA) is 65.5 Å². The summed E-state index contributed by atoms with van der Waals surface area (Å²) in [6, 6.07) is 18.6. The predicted molar refractivity (Wildman–Crippen MR) is 139 cm³/mol. The van der Waals surface area contributed by atoms with Gasteiger partial charge in [-0.05, 0) is 61.3 Å². The van der Waals surface area contributed by atoms with Gasteiger partial charge in [0, 0.05) is 24.1 Å². The lowest BCUT2D eigenvalue weighted by Gasteiger charge is -2.26. The third-order valence-corrected chi connectivity index (χ3v) is 6.47. The van der Waals surface area contributed by atoms with Gasteiger partial charge in [-0.2, -0.15) is 0 Å². The SMILES string of the molecule is C=C(OCC)c1nccc(COc2ccc(C(C)(C)c3ccc(OCC4CCNC4)cc3)cc2)n1. The van der Waals surface area contributed by atoms with Gasteiger partial charge in [-0.3, -0.25) is 0 Å². The summed E-state index contributed by atoms with van der Waals surface area (Å²) in [6.07, 6.45) is 2.88. The lowest BCUT2D eigenvalue weighted by Crippen LogP contribution is -2.19. The van der Waals surface area contributed by atoms with E-state index in [1.165, 1.54) is 17.5 Å². The second-order valence-corrected chi connectivity index (χ2v) is 9.36. The fourth-order valence-electron chi connectivity index (χ4n) is 4.18. The molecule has 1 fully saturated rings. The molecule has 1 saturated heterocycles. The summed E-state index contributed by atoms with van der Waals surface area (Å²) in [6.45, 7) is 14.0. The zero-order valence-corrected chi connectivity index (χ0v) is 20.9. The molecule has 35 heavy (non-hydrogen) atoms. The summed E-state index contributed by atoms with van der Waals surface area (Å²) in [7, 11) is 0. The molecule has 0 aliphatic carbocycles. The zero-order valence-electron chi connectivity index (χ0n) is 20.9. The van der Waals surface area contributed by atoms with Crippen LogP contribution >= 0.6 is 0 Å². The van der Waals surface area contributed by atoms with Crippen molar-refractivity contribution in [3.63, 3.8) is 0 Å². The number of nitrogens with zero attached hydrogens (tertiary/aromatic N) is 2. The lowest BCUT2D eigenvalue weighted by molar-refractivity contribution is 0.260. The van der Waals surface area contributed by atoms with Crippen LogP contribution in [0.5, 0.6) is 11.5 Å². The maximum atomic E-state index is 6.00. The molecule has 0 saturated carbocycles. The van der Waals surface area contributed by atoms with Crippen molar-refractivity contribution in [2.24, 2.45) is 5.92 Å². The first-order chi connectivity index (χ1) is 17.0. The minimum absolute atomic E-state index is 0.145. The number of rotatable bonds is 11. The van der Waals surface area contributed by atoms with Crippen LogP contribution in [0.3, 0.4) is 0 Å². The van der Waals surface area contributed by atoms with Gasteiger partial charge in [0.15, 0.2) is 11.6 Å². The maximum Gasteiger partial charge on any atom is 0.194 e. The Labute approximate surface area is 208 Å². The number of nitrogens with one attached hydrogen (secondary N) is 1. The number of hydrogen-bond donors (Lipinski definition) is 1. The van der Waals surface area contributed by atoms with Crippen molar-refractivity contribution in [2.45, 2.75) is 39.2 Å². The first-order valence-electron chi connectivity index (χ1n) is 12.3. The highest BCUT2D eigenvalue weighted by Gasteiger charge is 2.23. The van der Waals surface area contributed by atoms with Crippen molar-refractivity contribution >= 4 is 5.76 Å². The van der Waals surface area contributed by atoms with Crippen molar-refractivity contribution in [1.29, 1.82) is 0 Å².